The van der Waals surface area contributed by atoms with Gasteiger partial charge in [0.1, 0.15) is 11.9 Å². The SMILES string of the molecule is O=C1C(Cc2ccc(F)cc2)N(C(=O)O)CCN1Br. The minimum atomic E-state index is -1.12. The Morgan fingerprint density at radius 1 is 1.37 bits per heavy atom. The van der Waals surface area contributed by atoms with Gasteiger partial charge in [-0.05, 0) is 17.7 Å². The van der Waals surface area contributed by atoms with Gasteiger partial charge in [-0.1, -0.05) is 12.1 Å². The van der Waals surface area contributed by atoms with Crippen molar-refractivity contribution in [2.75, 3.05) is 13.1 Å². The number of halogens is 2. The summed E-state index contributed by atoms with van der Waals surface area (Å²) in [7, 11) is 0. The Hall–Kier alpha value is -1.63. The standard InChI is InChI=1S/C12H12BrFN2O3/c13-16-6-5-15(12(18)19)10(11(16)17)7-8-1-3-9(14)4-2-8/h1-4,10H,5-7H2,(H,18,19). The molecule has 5 nitrogen and oxygen atoms in total. The fourth-order valence-corrected chi connectivity index (χ4v) is 2.42. The van der Waals surface area contributed by atoms with Crippen LogP contribution in [0.15, 0.2) is 24.3 Å². The summed E-state index contributed by atoms with van der Waals surface area (Å²) in [5.74, 6) is -0.672. The molecule has 1 aromatic carbocycles. The van der Waals surface area contributed by atoms with Crippen LogP contribution in [0.5, 0.6) is 0 Å². The molecule has 1 atom stereocenters. The normalized spacial score (nSPS) is 19.7. The zero-order chi connectivity index (χ0) is 14.0. The van der Waals surface area contributed by atoms with Crippen LogP contribution >= 0.6 is 16.1 Å². The van der Waals surface area contributed by atoms with Gasteiger partial charge in [-0.25, -0.2) is 9.18 Å². The van der Waals surface area contributed by atoms with Crippen LogP contribution in [0.1, 0.15) is 5.56 Å². The average molecular weight is 331 g/mol. The average Bonchev–Trinajstić information content (AvgIpc) is 2.37. The van der Waals surface area contributed by atoms with Gasteiger partial charge in [0.2, 0.25) is 0 Å². The van der Waals surface area contributed by atoms with E-state index in [1.54, 1.807) is 12.1 Å². The van der Waals surface area contributed by atoms with Gasteiger partial charge in [-0.15, -0.1) is 0 Å². The maximum absolute atomic E-state index is 12.8. The third-order valence-electron chi connectivity index (χ3n) is 3.03. The fourth-order valence-electron chi connectivity index (χ4n) is 2.03. The topological polar surface area (TPSA) is 60.9 Å². The first-order valence-corrected chi connectivity index (χ1v) is 6.41. The lowest BCUT2D eigenvalue weighted by Gasteiger charge is -2.36. The number of hydrogen-bond acceptors (Lipinski definition) is 2. The second-order valence-electron chi connectivity index (χ2n) is 4.25. The van der Waals surface area contributed by atoms with Crippen molar-refractivity contribution in [3.8, 4) is 0 Å². The van der Waals surface area contributed by atoms with Crippen LogP contribution in [-0.4, -0.2) is 45.1 Å². The van der Waals surface area contributed by atoms with Crippen LogP contribution in [0.25, 0.3) is 0 Å². The van der Waals surface area contributed by atoms with Crippen molar-refractivity contribution in [1.82, 2.24) is 8.83 Å². The molecule has 0 saturated carbocycles. The van der Waals surface area contributed by atoms with E-state index in [4.69, 9.17) is 5.11 Å². The Morgan fingerprint density at radius 2 is 2.00 bits per heavy atom. The Morgan fingerprint density at radius 3 is 2.58 bits per heavy atom. The Balaban J connectivity index is 2.19. The van der Waals surface area contributed by atoms with Crippen LogP contribution in [0.4, 0.5) is 9.18 Å². The van der Waals surface area contributed by atoms with E-state index < -0.39 is 12.1 Å². The number of benzene rings is 1. The van der Waals surface area contributed by atoms with Crippen molar-refractivity contribution in [2.24, 2.45) is 0 Å². The smallest absolute Gasteiger partial charge is 0.408 e. The largest absolute Gasteiger partial charge is 0.465 e. The highest BCUT2D eigenvalue weighted by Crippen LogP contribution is 2.19. The molecule has 7 heteroatoms. The van der Waals surface area contributed by atoms with E-state index in [2.05, 4.69) is 16.1 Å². The molecule has 0 bridgehead atoms. The lowest BCUT2D eigenvalue weighted by Crippen LogP contribution is -2.56. The number of hydrogen-bond donors (Lipinski definition) is 1. The van der Waals surface area contributed by atoms with Crippen molar-refractivity contribution in [3.63, 3.8) is 0 Å². The monoisotopic (exact) mass is 330 g/mol. The van der Waals surface area contributed by atoms with Crippen LogP contribution in [0.3, 0.4) is 0 Å². The second kappa shape index (κ2) is 5.56. The minimum absolute atomic E-state index is 0.230. The molecule has 0 aliphatic carbocycles. The molecule has 2 rings (SSSR count). The second-order valence-corrected chi connectivity index (χ2v) is 5.10. The molecule has 102 valence electrons. The van der Waals surface area contributed by atoms with Crippen molar-refractivity contribution < 1.29 is 19.1 Å². The van der Waals surface area contributed by atoms with Crippen molar-refractivity contribution in [1.29, 1.82) is 0 Å². The number of carbonyl (C=O) groups excluding carboxylic acids is 1. The number of nitrogens with zero attached hydrogens (tertiary/aromatic N) is 2. The zero-order valence-corrected chi connectivity index (χ0v) is 11.5. The van der Waals surface area contributed by atoms with E-state index >= 15 is 0 Å². The minimum Gasteiger partial charge on any atom is -0.465 e. The van der Waals surface area contributed by atoms with Gasteiger partial charge >= 0.3 is 6.09 Å². The predicted molar refractivity (Wildman–Crippen MR) is 69.3 cm³/mol. The molecule has 1 aliphatic heterocycles. The van der Waals surface area contributed by atoms with Crippen LogP contribution in [0.2, 0.25) is 0 Å². The van der Waals surface area contributed by atoms with Gasteiger partial charge in [-0.3, -0.25) is 13.6 Å². The van der Waals surface area contributed by atoms with E-state index in [-0.39, 0.29) is 24.7 Å². The molecular formula is C12H12BrFN2O3. The van der Waals surface area contributed by atoms with Gasteiger partial charge < -0.3 is 5.11 Å². The summed E-state index contributed by atoms with van der Waals surface area (Å²) in [6.07, 6.45) is -0.894. The quantitative estimate of drug-likeness (QED) is 0.842. The molecule has 1 aliphatic rings. The lowest BCUT2D eigenvalue weighted by molar-refractivity contribution is -0.133. The van der Waals surface area contributed by atoms with E-state index in [0.29, 0.717) is 12.1 Å². The number of piperazine rings is 1. The first kappa shape index (κ1) is 13.8. The van der Waals surface area contributed by atoms with Gasteiger partial charge in [0, 0.05) is 13.0 Å². The third kappa shape index (κ3) is 3.04. The molecule has 1 fully saturated rings. The summed E-state index contributed by atoms with van der Waals surface area (Å²) in [4.78, 5) is 24.3. The summed E-state index contributed by atoms with van der Waals surface area (Å²) < 4.78 is 14.2. The molecular weight excluding hydrogens is 319 g/mol. The Labute approximate surface area is 117 Å². The van der Waals surface area contributed by atoms with Gasteiger partial charge in [0.05, 0.1) is 22.7 Å². The van der Waals surface area contributed by atoms with Crippen LogP contribution in [0, 0.1) is 5.82 Å². The summed E-state index contributed by atoms with van der Waals surface area (Å²) in [6.45, 7) is 0.559. The van der Waals surface area contributed by atoms with Crippen molar-refractivity contribution in [2.45, 2.75) is 12.5 Å². The number of carbonyl (C=O) groups is 2. The van der Waals surface area contributed by atoms with E-state index in [0.717, 1.165) is 4.90 Å². The molecule has 1 N–H and O–H groups in total. The van der Waals surface area contributed by atoms with Crippen LogP contribution < -0.4 is 0 Å². The maximum Gasteiger partial charge on any atom is 0.408 e. The van der Waals surface area contributed by atoms with Crippen LogP contribution in [-0.2, 0) is 11.2 Å². The lowest BCUT2D eigenvalue weighted by atomic mass is 10.0. The molecule has 0 spiro atoms. The first-order chi connectivity index (χ1) is 8.99. The van der Waals surface area contributed by atoms with E-state index in [1.807, 2.05) is 0 Å². The maximum atomic E-state index is 12.8. The summed E-state index contributed by atoms with van der Waals surface area (Å²) >= 11 is 3.10. The highest BCUT2D eigenvalue weighted by molar-refractivity contribution is 9.07. The number of carboxylic acid groups (broad SMARTS) is 1. The fraction of sp³-hybridized carbons (Fsp3) is 0.333. The summed E-state index contributed by atoms with van der Waals surface area (Å²) in [6, 6.07) is 4.90. The van der Waals surface area contributed by atoms with E-state index in [9.17, 15) is 14.0 Å². The number of rotatable bonds is 2. The molecule has 19 heavy (non-hydrogen) atoms. The highest BCUT2D eigenvalue weighted by atomic mass is 79.9. The molecule has 0 radical (unpaired) electrons. The van der Waals surface area contributed by atoms with E-state index in [1.165, 1.54) is 16.1 Å². The van der Waals surface area contributed by atoms with Crippen molar-refractivity contribution >= 4 is 28.1 Å². The Kier molecular flexibility index (Phi) is 4.04. The molecule has 1 heterocycles. The molecule has 2 amide bonds. The predicted octanol–water partition coefficient (Wildman–Crippen LogP) is 1.87. The first-order valence-electron chi connectivity index (χ1n) is 5.70. The van der Waals surface area contributed by atoms with Gasteiger partial charge in [0.15, 0.2) is 0 Å². The summed E-state index contributed by atoms with van der Waals surface area (Å²) in [5, 5.41) is 9.11. The van der Waals surface area contributed by atoms with Crippen molar-refractivity contribution in [3.05, 3.63) is 35.6 Å². The molecule has 1 aromatic rings. The molecule has 0 aromatic heterocycles. The number of amides is 2. The molecule has 1 saturated heterocycles. The third-order valence-corrected chi connectivity index (χ3v) is 3.73. The highest BCUT2D eigenvalue weighted by Gasteiger charge is 2.36. The summed E-state index contributed by atoms with van der Waals surface area (Å²) in [5.41, 5.74) is 0.716. The van der Waals surface area contributed by atoms with Gasteiger partial charge in [0.25, 0.3) is 5.91 Å². The molecule has 1 unspecified atom stereocenters. The van der Waals surface area contributed by atoms with Gasteiger partial charge in [-0.2, -0.15) is 0 Å². The zero-order valence-electron chi connectivity index (χ0n) is 9.92. The Bertz CT molecular complexity index is 494.